The van der Waals surface area contributed by atoms with E-state index in [1.807, 2.05) is 32.0 Å². The maximum atomic E-state index is 11.0. The highest BCUT2D eigenvalue weighted by Crippen LogP contribution is 2.18. The Morgan fingerprint density at radius 2 is 1.73 bits per heavy atom. The van der Waals surface area contributed by atoms with Crippen molar-refractivity contribution in [2.45, 2.75) is 13.8 Å². The Bertz CT molecular complexity index is 418. The first-order chi connectivity index (χ1) is 6.90. The second-order valence-electron chi connectivity index (χ2n) is 3.82. The standard InChI is InChI=1S/C11H17NO2S/c1-9-5-4-6-10(2)11(9)12-7-8-15(3,13)14/h4-6,12H,7-8H2,1-3H3. The minimum atomic E-state index is -2.88. The molecule has 0 atom stereocenters. The largest absolute Gasteiger partial charge is 0.384 e. The van der Waals surface area contributed by atoms with Crippen molar-refractivity contribution in [3.63, 3.8) is 0 Å². The van der Waals surface area contributed by atoms with Gasteiger partial charge in [-0.2, -0.15) is 0 Å². The second kappa shape index (κ2) is 4.66. The SMILES string of the molecule is Cc1cccc(C)c1NCCS(C)(=O)=O. The number of anilines is 1. The molecule has 1 aromatic carbocycles. The Balaban J connectivity index is 2.66. The van der Waals surface area contributed by atoms with E-state index >= 15 is 0 Å². The molecule has 0 aliphatic rings. The van der Waals surface area contributed by atoms with Gasteiger partial charge >= 0.3 is 0 Å². The molecule has 0 amide bonds. The lowest BCUT2D eigenvalue weighted by atomic mass is 10.1. The second-order valence-corrected chi connectivity index (χ2v) is 6.08. The zero-order valence-electron chi connectivity index (χ0n) is 9.37. The van der Waals surface area contributed by atoms with E-state index in [1.165, 1.54) is 6.26 Å². The Kier molecular flexibility index (Phi) is 3.74. The highest BCUT2D eigenvalue weighted by atomic mass is 32.2. The van der Waals surface area contributed by atoms with E-state index in [2.05, 4.69) is 5.32 Å². The fourth-order valence-corrected chi connectivity index (χ4v) is 1.93. The third kappa shape index (κ3) is 3.91. The van der Waals surface area contributed by atoms with E-state index in [-0.39, 0.29) is 5.75 Å². The Hall–Kier alpha value is -1.03. The predicted molar refractivity (Wildman–Crippen MR) is 64.1 cm³/mol. The summed E-state index contributed by atoms with van der Waals surface area (Å²) in [5.74, 6) is 0.167. The normalized spacial score (nSPS) is 11.4. The summed E-state index contributed by atoms with van der Waals surface area (Å²) >= 11 is 0. The number of para-hydroxylation sites is 1. The number of sulfone groups is 1. The van der Waals surface area contributed by atoms with Crippen molar-refractivity contribution >= 4 is 15.5 Å². The number of nitrogens with one attached hydrogen (secondary N) is 1. The van der Waals surface area contributed by atoms with Crippen LogP contribution >= 0.6 is 0 Å². The summed E-state index contributed by atoms with van der Waals surface area (Å²) in [6.45, 7) is 4.48. The van der Waals surface area contributed by atoms with Gasteiger partial charge in [0.2, 0.25) is 0 Å². The molecule has 15 heavy (non-hydrogen) atoms. The highest BCUT2D eigenvalue weighted by Gasteiger charge is 2.04. The molecule has 0 saturated carbocycles. The molecule has 0 aliphatic carbocycles. The topological polar surface area (TPSA) is 46.2 Å². The Morgan fingerprint density at radius 3 is 2.20 bits per heavy atom. The van der Waals surface area contributed by atoms with Gasteiger partial charge in [0.1, 0.15) is 9.84 Å². The summed E-state index contributed by atoms with van der Waals surface area (Å²) in [5, 5.41) is 3.16. The van der Waals surface area contributed by atoms with Crippen LogP contribution in [0.5, 0.6) is 0 Å². The molecular formula is C11H17NO2S. The van der Waals surface area contributed by atoms with Crippen LogP contribution in [0.15, 0.2) is 18.2 Å². The molecule has 0 fully saturated rings. The fourth-order valence-electron chi connectivity index (χ4n) is 1.45. The van der Waals surface area contributed by atoms with Crippen LogP contribution in [0.4, 0.5) is 5.69 Å². The van der Waals surface area contributed by atoms with Crippen molar-refractivity contribution in [3.05, 3.63) is 29.3 Å². The van der Waals surface area contributed by atoms with Crippen molar-refractivity contribution in [1.82, 2.24) is 0 Å². The van der Waals surface area contributed by atoms with Gasteiger partial charge in [-0.25, -0.2) is 8.42 Å². The van der Waals surface area contributed by atoms with Crippen molar-refractivity contribution in [3.8, 4) is 0 Å². The predicted octanol–water partition coefficient (Wildman–Crippen LogP) is 1.76. The Morgan fingerprint density at radius 1 is 1.20 bits per heavy atom. The van der Waals surface area contributed by atoms with Gasteiger partial charge in [-0.15, -0.1) is 0 Å². The van der Waals surface area contributed by atoms with Gasteiger partial charge in [-0.05, 0) is 25.0 Å². The minimum absolute atomic E-state index is 0.167. The average Bonchev–Trinajstić information content (AvgIpc) is 2.08. The van der Waals surface area contributed by atoms with Crippen molar-refractivity contribution in [1.29, 1.82) is 0 Å². The maximum Gasteiger partial charge on any atom is 0.149 e. The van der Waals surface area contributed by atoms with Crippen molar-refractivity contribution in [2.75, 3.05) is 23.9 Å². The van der Waals surface area contributed by atoms with Gasteiger partial charge < -0.3 is 5.32 Å². The van der Waals surface area contributed by atoms with Crippen LogP contribution < -0.4 is 5.32 Å². The first kappa shape index (κ1) is 12.0. The molecule has 0 saturated heterocycles. The summed E-state index contributed by atoms with van der Waals surface area (Å²) in [4.78, 5) is 0. The van der Waals surface area contributed by atoms with E-state index in [1.54, 1.807) is 0 Å². The van der Waals surface area contributed by atoms with Crippen LogP contribution in [0.25, 0.3) is 0 Å². The summed E-state index contributed by atoms with van der Waals surface area (Å²) in [5.41, 5.74) is 3.33. The number of aryl methyl sites for hydroxylation is 2. The smallest absolute Gasteiger partial charge is 0.149 e. The van der Waals surface area contributed by atoms with E-state index < -0.39 is 9.84 Å². The van der Waals surface area contributed by atoms with E-state index in [0.29, 0.717) is 6.54 Å². The molecule has 1 rings (SSSR count). The molecule has 1 N–H and O–H groups in total. The maximum absolute atomic E-state index is 11.0. The summed E-state index contributed by atoms with van der Waals surface area (Å²) in [6.07, 6.45) is 1.25. The lowest BCUT2D eigenvalue weighted by Gasteiger charge is -2.11. The van der Waals surface area contributed by atoms with Crippen LogP contribution in [0.1, 0.15) is 11.1 Å². The van der Waals surface area contributed by atoms with Crippen LogP contribution in [-0.4, -0.2) is 27.0 Å². The fraction of sp³-hybridized carbons (Fsp3) is 0.455. The van der Waals surface area contributed by atoms with Crippen molar-refractivity contribution < 1.29 is 8.42 Å². The summed E-state index contributed by atoms with van der Waals surface area (Å²) in [6, 6.07) is 6.01. The molecular weight excluding hydrogens is 210 g/mol. The molecule has 0 heterocycles. The lowest BCUT2D eigenvalue weighted by molar-refractivity contribution is 0.602. The highest BCUT2D eigenvalue weighted by molar-refractivity contribution is 7.90. The summed E-state index contributed by atoms with van der Waals surface area (Å²) < 4.78 is 21.9. The molecule has 0 unspecified atom stereocenters. The van der Waals surface area contributed by atoms with Gasteiger partial charge in [0.15, 0.2) is 0 Å². The van der Waals surface area contributed by atoms with Gasteiger partial charge in [-0.1, -0.05) is 18.2 Å². The molecule has 4 heteroatoms. The summed E-state index contributed by atoms with van der Waals surface area (Å²) in [7, 11) is -2.88. The van der Waals surface area contributed by atoms with Crippen LogP contribution in [0.2, 0.25) is 0 Å². The zero-order valence-corrected chi connectivity index (χ0v) is 10.2. The first-order valence-corrected chi connectivity index (χ1v) is 6.94. The molecule has 84 valence electrons. The van der Waals surface area contributed by atoms with Gasteiger partial charge in [0.25, 0.3) is 0 Å². The number of hydrogen-bond donors (Lipinski definition) is 1. The van der Waals surface area contributed by atoms with Crippen LogP contribution in [-0.2, 0) is 9.84 Å². The molecule has 1 aromatic rings. The van der Waals surface area contributed by atoms with Gasteiger partial charge in [0.05, 0.1) is 5.75 Å². The van der Waals surface area contributed by atoms with E-state index in [0.717, 1.165) is 16.8 Å². The third-order valence-corrected chi connectivity index (χ3v) is 3.20. The lowest BCUT2D eigenvalue weighted by Crippen LogP contribution is -2.15. The quantitative estimate of drug-likeness (QED) is 0.852. The molecule has 0 spiro atoms. The number of benzene rings is 1. The average molecular weight is 227 g/mol. The van der Waals surface area contributed by atoms with E-state index in [4.69, 9.17) is 0 Å². The molecule has 0 radical (unpaired) electrons. The van der Waals surface area contributed by atoms with Gasteiger partial charge in [-0.3, -0.25) is 0 Å². The molecule has 0 bridgehead atoms. The molecule has 3 nitrogen and oxygen atoms in total. The van der Waals surface area contributed by atoms with Crippen LogP contribution in [0, 0.1) is 13.8 Å². The van der Waals surface area contributed by atoms with Crippen molar-refractivity contribution in [2.24, 2.45) is 0 Å². The minimum Gasteiger partial charge on any atom is -0.384 e. The number of rotatable bonds is 4. The monoisotopic (exact) mass is 227 g/mol. The third-order valence-electron chi connectivity index (χ3n) is 2.26. The van der Waals surface area contributed by atoms with Crippen LogP contribution in [0.3, 0.4) is 0 Å². The van der Waals surface area contributed by atoms with E-state index in [9.17, 15) is 8.42 Å². The van der Waals surface area contributed by atoms with Gasteiger partial charge in [0, 0.05) is 18.5 Å². The molecule has 0 aliphatic heterocycles. The molecule has 0 aromatic heterocycles. The first-order valence-electron chi connectivity index (χ1n) is 4.88. The zero-order chi connectivity index (χ0) is 11.5. The Labute approximate surface area is 91.4 Å². The number of hydrogen-bond acceptors (Lipinski definition) is 3.